The molecule has 3 rings (SSSR count). The first-order chi connectivity index (χ1) is 15.1. The lowest BCUT2D eigenvalue weighted by Crippen LogP contribution is -2.37. The van der Waals surface area contributed by atoms with E-state index in [1.54, 1.807) is 24.3 Å². The van der Waals surface area contributed by atoms with Gasteiger partial charge in [0, 0.05) is 16.7 Å². The summed E-state index contributed by atoms with van der Waals surface area (Å²) in [5.74, 6) is -0.382. The molecule has 0 atom stereocenters. The Labute approximate surface area is 198 Å². The smallest absolute Gasteiger partial charge is 0.243 e. The van der Waals surface area contributed by atoms with Crippen LogP contribution in [-0.4, -0.2) is 25.2 Å². The zero-order valence-corrected chi connectivity index (χ0v) is 21.0. The summed E-state index contributed by atoms with van der Waals surface area (Å²) in [4.78, 5) is 13.1. The number of hydrogen-bond donors (Lipinski definition) is 1. The first-order valence-corrected chi connectivity index (χ1v) is 12.5. The molecule has 0 aliphatic carbocycles. The summed E-state index contributed by atoms with van der Waals surface area (Å²) in [5, 5.41) is 2.91. The molecule has 0 aromatic heterocycles. The average Bonchev–Trinajstić information content (AvgIpc) is 2.72. The van der Waals surface area contributed by atoms with Crippen LogP contribution >= 0.6 is 15.9 Å². The van der Waals surface area contributed by atoms with Crippen LogP contribution in [-0.2, 0) is 21.4 Å². The monoisotopic (exact) mass is 514 g/mol. The van der Waals surface area contributed by atoms with Gasteiger partial charge in [-0.05, 0) is 68.7 Å². The van der Waals surface area contributed by atoms with E-state index in [2.05, 4.69) is 21.2 Å². The van der Waals surface area contributed by atoms with Gasteiger partial charge < -0.3 is 5.32 Å². The maximum absolute atomic E-state index is 13.4. The third-order valence-corrected chi connectivity index (χ3v) is 7.53. The third-order valence-electron chi connectivity index (χ3n) is 5.19. The fourth-order valence-corrected chi connectivity index (χ4v) is 5.24. The Morgan fingerprint density at radius 3 is 2.00 bits per heavy atom. The van der Waals surface area contributed by atoms with Gasteiger partial charge in [0.25, 0.3) is 0 Å². The molecule has 3 aromatic rings. The van der Waals surface area contributed by atoms with Crippen molar-refractivity contribution in [2.75, 3.05) is 11.9 Å². The Morgan fingerprint density at radius 2 is 1.44 bits per heavy atom. The third kappa shape index (κ3) is 5.85. The Bertz CT molecular complexity index is 1200. The highest BCUT2D eigenvalue weighted by molar-refractivity contribution is 9.10. The van der Waals surface area contributed by atoms with Crippen LogP contribution in [0.15, 0.2) is 70.0 Å². The zero-order valence-electron chi connectivity index (χ0n) is 18.6. The Hall–Kier alpha value is -2.48. The number of aryl methyl sites for hydroxylation is 4. The second-order valence-corrected chi connectivity index (χ2v) is 10.9. The van der Waals surface area contributed by atoms with E-state index < -0.39 is 10.0 Å². The first kappa shape index (κ1) is 24.2. The van der Waals surface area contributed by atoms with Gasteiger partial charge in [0.1, 0.15) is 0 Å². The van der Waals surface area contributed by atoms with Crippen molar-refractivity contribution in [2.45, 2.75) is 39.1 Å². The van der Waals surface area contributed by atoms with Gasteiger partial charge in [0.15, 0.2) is 0 Å². The molecule has 0 fully saturated rings. The van der Waals surface area contributed by atoms with Crippen LogP contribution in [0.25, 0.3) is 0 Å². The Balaban J connectivity index is 1.90. The second-order valence-electron chi connectivity index (χ2n) is 8.03. The number of hydrogen-bond acceptors (Lipinski definition) is 3. The van der Waals surface area contributed by atoms with E-state index in [-0.39, 0.29) is 23.9 Å². The van der Waals surface area contributed by atoms with E-state index >= 15 is 0 Å². The average molecular weight is 515 g/mol. The Morgan fingerprint density at radius 1 is 0.875 bits per heavy atom. The molecular formula is C25H27BrN2O3S. The van der Waals surface area contributed by atoms with Crippen LogP contribution in [0.4, 0.5) is 5.69 Å². The Kier molecular flexibility index (Phi) is 7.54. The fourth-order valence-electron chi connectivity index (χ4n) is 3.59. The van der Waals surface area contributed by atoms with Crippen LogP contribution in [0.2, 0.25) is 0 Å². The number of nitrogens with zero attached hydrogens (tertiary/aromatic N) is 1. The van der Waals surface area contributed by atoms with Crippen molar-refractivity contribution in [3.05, 3.63) is 93.0 Å². The van der Waals surface area contributed by atoms with Crippen molar-refractivity contribution in [3.8, 4) is 0 Å². The number of rotatable bonds is 7. The van der Waals surface area contributed by atoms with Crippen molar-refractivity contribution in [1.82, 2.24) is 4.31 Å². The number of nitrogens with one attached hydrogen (secondary N) is 1. The lowest BCUT2D eigenvalue weighted by Gasteiger charge is -2.23. The van der Waals surface area contributed by atoms with Crippen LogP contribution in [0, 0.1) is 27.7 Å². The summed E-state index contributed by atoms with van der Waals surface area (Å²) in [6.07, 6.45) is 0. The fraction of sp³-hybridized carbons (Fsp3) is 0.240. The van der Waals surface area contributed by atoms with E-state index in [0.29, 0.717) is 0 Å². The summed E-state index contributed by atoms with van der Waals surface area (Å²) in [6.45, 7) is 7.55. The SMILES string of the molecule is Cc1ccc(S(=O)(=O)N(CC(=O)Nc2c(C)cc(C)cc2C)Cc2ccc(Br)cc2)cc1. The van der Waals surface area contributed by atoms with Crippen molar-refractivity contribution >= 4 is 37.5 Å². The van der Waals surface area contributed by atoms with Crippen molar-refractivity contribution in [2.24, 2.45) is 0 Å². The van der Waals surface area contributed by atoms with Gasteiger partial charge in [-0.2, -0.15) is 4.31 Å². The molecule has 5 nitrogen and oxygen atoms in total. The molecular weight excluding hydrogens is 488 g/mol. The van der Waals surface area contributed by atoms with Gasteiger partial charge in [0.2, 0.25) is 15.9 Å². The molecule has 0 heterocycles. The minimum atomic E-state index is -3.88. The van der Waals surface area contributed by atoms with Gasteiger partial charge in [0.05, 0.1) is 11.4 Å². The van der Waals surface area contributed by atoms with Gasteiger partial charge >= 0.3 is 0 Å². The molecule has 0 saturated heterocycles. The molecule has 0 spiro atoms. The molecule has 0 unspecified atom stereocenters. The molecule has 0 radical (unpaired) electrons. The van der Waals surface area contributed by atoms with E-state index in [1.807, 2.05) is 64.1 Å². The minimum Gasteiger partial charge on any atom is -0.324 e. The predicted octanol–water partition coefficient (Wildman–Crippen LogP) is 5.51. The van der Waals surface area contributed by atoms with E-state index in [1.165, 1.54) is 4.31 Å². The molecule has 0 saturated carbocycles. The van der Waals surface area contributed by atoms with Gasteiger partial charge in [-0.25, -0.2) is 8.42 Å². The van der Waals surface area contributed by atoms with Gasteiger partial charge in [-0.15, -0.1) is 0 Å². The van der Waals surface area contributed by atoms with Crippen LogP contribution in [0.1, 0.15) is 27.8 Å². The zero-order chi connectivity index (χ0) is 23.5. The highest BCUT2D eigenvalue weighted by Crippen LogP contribution is 2.23. The molecule has 1 N–H and O–H groups in total. The van der Waals surface area contributed by atoms with Gasteiger partial charge in [-0.1, -0.05) is 63.5 Å². The summed E-state index contributed by atoms with van der Waals surface area (Å²) in [6, 6.07) is 18.0. The lowest BCUT2D eigenvalue weighted by atomic mass is 10.1. The highest BCUT2D eigenvalue weighted by Gasteiger charge is 2.27. The first-order valence-electron chi connectivity index (χ1n) is 10.3. The normalized spacial score (nSPS) is 11.6. The number of amides is 1. The summed E-state index contributed by atoms with van der Waals surface area (Å²) in [7, 11) is -3.88. The number of halogens is 1. The van der Waals surface area contributed by atoms with Crippen molar-refractivity contribution in [1.29, 1.82) is 0 Å². The summed E-state index contributed by atoms with van der Waals surface area (Å²) in [5.41, 5.74) is 5.47. The lowest BCUT2D eigenvalue weighted by molar-refractivity contribution is -0.116. The van der Waals surface area contributed by atoms with E-state index in [0.717, 1.165) is 38.0 Å². The van der Waals surface area contributed by atoms with Crippen molar-refractivity contribution < 1.29 is 13.2 Å². The maximum Gasteiger partial charge on any atom is 0.243 e. The quantitative estimate of drug-likeness (QED) is 0.451. The summed E-state index contributed by atoms with van der Waals surface area (Å²) >= 11 is 3.39. The van der Waals surface area contributed by atoms with Crippen LogP contribution in [0.5, 0.6) is 0 Å². The number of carbonyl (C=O) groups excluding carboxylic acids is 1. The van der Waals surface area contributed by atoms with Crippen molar-refractivity contribution in [3.63, 3.8) is 0 Å². The minimum absolute atomic E-state index is 0.0861. The van der Waals surface area contributed by atoms with Gasteiger partial charge in [-0.3, -0.25) is 4.79 Å². The summed E-state index contributed by atoms with van der Waals surface area (Å²) < 4.78 is 29.0. The molecule has 0 aliphatic rings. The van der Waals surface area contributed by atoms with E-state index in [9.17, 15) is 13.2 Å². The second kappa shape index (κ2) is 9.98. The maximum atomic E-state index is 13.4. The molecule has 7 heteroatoms. The molecule has 3 aromatic carbocycles. The largest absolute Gasteiger partial charge is 0.324 e. The molecule has 168 valence electrons. The topological polar surface area (TPSA) is 66.5 Å². The number of anilines is 1. The number of carbonyl (C=O) groups is 1. The highest BCUT2D eigenvalue weighted by atomic mass is 79.9. The molecule has 0 bridgehead atoms. The van der Waals surface area contributed by atoms with Crippen LogP contribution < -0.4 is 5.32 Å². The van der Waals surface area contributed by atoms with Crippen LogP contribution in [0.3, 0.4) is 0 Å². The molecule has 32 heavy (non-hydrogen) atoms. The molecule has 0 aliphatic heterocycles. The predicted molar refractivity (Wildman–Crippen MR) is 132 cm³/mol. The number of benzene rings is 3. The standard InChI is InChI=1S/C25H27BrN2O3S/c1-17-5-11-23(12-6-17)32(30,31)28(15-21-7-9-22(26)10-8-21)16-24(29)27-25-19(3)13-18(2)14-20(25)4/h5-14H,15-16H2,1-4H3,(H,27,29). The number of sulfonamides is 1. The molecule has 1 amide bonds. The van der Waals surface area contributed by atoms with E-state index in [4.69, 9.17) is 0 Å².